The van der Waals surface area contributed by atoms with E-state index in [0.717, 1.165) is 17.7 Å². The van der Waals surface area contributed by atoms with Crippen molar-refractivity contribution in [1.82, 2.24) is 0 Å². The second kappa shape index (κ2) is 5.69. The molecule has 0 fully saturated rings. The largest absolute Gasteiger partial charge is 0.507 e. The van der Waals surface area contributed by atoms with Gasteiger partial charge in [0.15, 0.2) is 0 Å². The van der Waals surface area contributed by atoms with Crippen molar-refractivity contribution in [2.45, 2.75) is 6.92 Å². The third kappa shape index (κ3) is 3.03. The van der Waals surface area contributed by atoms with Gasteiger partial charge in [-0.1, -0.05) is 34.8 Å². The van der Waals surface area contributed by atoms with Crippen molar-refractivity contribution in [2.75, 3.05) is 5.32 Å². The molecule has 0 aliphatic carbocycles. The maximum Gasteiger partial charge on any atom is 0.259 e. The Hall–Kier alpha value is -1.78. The highest BCUT2D eigenvalue weighted by Crippen LogP contribution is 2.32. The van der Waals surface area contributed by atoms with E-state index in [0.29, 0.717) is 0 Å². The summed E-state index contributed by atoms with van der Waals surface area (Å²) in [5.74, 6) is -1.35. The first-order chi connectivity index (χ1) is 9.38. The predicted molar refractivity (Wildman–Crippen MR) is 77.2 cm³/mol. The predicted octanol–water partition coefficient (Wildman–Crippen LogP) is 4.40. The molecule has 0 atom stereocenters. The Morgan fingerprint density at radius 2 is 1.80 bits per heavy atom. The summed E-state index contributed by atoms with van der Waals surface area (Å²) in [5, 5.41) is 12.1. The Balaban J connectivity index is 2.35. The molecule has 3 nitrogen and oxygen atoms in total. The van der Waals surface area contributed by atoms with Crippen molar-refractivity contribution >= 4 is 34.8 Å². The highest BCUT2D eigenvalue weighted by molar-refractivity contribution is 6.40. The van der Waals surface area contributed by atoms with Gasteiger partial charge in [0.2, 0.25) is 0 Å². The van der Waals surface area contributed by atoms with Crippen LogP contribution in [0.1, 0.15) is 15.9 Å². The molecule has 20 heavy (non-hydrogen) atoms. The molecule has 0 radical (unpaired) electrons. The number of anilines is 1. The van der Waals surface area contributed by atoms with Crippen molar-refractivity contribution < 1.29 is 14.3 Å². The first-order valence-electron chi connectivity index (χ1n) is 5.64. The third-order valence-electron chi connectivity index (χ3n) is 2.64. The maximum atomic E-state index is 13.1. The summed E-state index contributed by atoms with van der Waals surface area (Å²) in [6.07, 6.45) is 0. The molecule has 0 bridgehead atoms. The number of nitrogens with one attached hydrogen (secondary N) is 1. The first-order valence-corrected chi connectivity index (χ1v) is 6.39. The van der Waals surface area contributed by atoms with Gasteiger partial charge in [-0.15, -0.1) is 0 Å². The molecule has 0 saturated heterocycles. The molecule has 0 unspecified atom stereocenters. The van der Waals surface area contributed by atoms with Crippen molar-refractivity contribution in [3.8, 4) is 5.75 Å². The van der Waals surface area contributed by atoms with Crippen molar-refractivity contribution in [1.29, 1.82) is 0 Å². The van der Waals surface area contributed by atoms with Crippen LogP contribution < -0.4 is 5.32 Å². The molecule has 0 aromatic heterocycles. The number of aromatic hydroxyl groups is 1. The number of phenolic OH excluding ortho intramolecular Hbond substituents is 1. The highest BCUT2D eigenvalue weighted by Gasteiger charge is 2.16. The van der Waals surface area contributed by atoms with Crippen LogP contribution in [0.4, 0.5) is 10.1 Å². The molecule has 104 valence electrons. The molecule has 0 aliphatic heterocycles. The Labute approximate surface area is 124 Å². The van der Waals surface area contributed by atoms with Gasteiger partial charge in [0, 0.05) is 0 Å². The van der Waals surface area contributed by atoms with E-state index in [4.69, 9.17) is 23.2 Å². The quantitative estimate of drug-likeness (QED) is 0.863. The Bertz CT molecular complexity index is 666. The van der Waals surface area contributed by atoms with E-state index in [9.17, 15) is 14.3 Å². The highest BCUT2D eigenvalue weighted by atomic mass is 35.5. The van der Waals surface area contributed by atoms with Crippen molar-refractivity contribution in [2.24, 2.45) is 0 Å². The van der Waals surface area contributed by atoms with Gasteiger partial charge < -0.3 is 10.4 Å². The minimum Gasteiger partial charge on any atom is -0.507 e. The van der Waals surface area contributed by atoms with Gasteiger partial charge in [-0.05, 0) is 31.2 Å². The van der Waals surface area contributed by atoms with Gasteiger partial charge in [-0.3, -0.25) is 4.79 Å². The Kier molecular flexibility index (Phi) is 4.16. The maximum absolute atomic E-state index is 13.1. The van der Waals surface area contributed by atoms with Crippen molar-refractivity contribution in [3.63, 3.8) is 0 Å². The number of phenols is 1. The van der Waals surface area contributed by atoms with Crippen LogP contribution in [0.5, 0.6) is 5.75 Å². The number of hydrogen-bond donors (Lipinski definition) is 2. The monoisotopic (exact) mass is 313 g/mol. The minimum atomic E-state index is -0.601. The van der Waals surface area contributed by atoms with Crippen LogP contribution in [-0.4, -0.2) is 11.0 Å². The standard InChI is InChI=1S/C14H10Cl2FNO2/c1-7-2-3-12(19)9(4-7)14(20)18-13-10(15)5-8(17)6-11(13)16/h2-6,19H,1H3,(H,18,20). The molecule has 2 rings (SSSR count). The molecular formula is C14H10Cl2FNO2. The van der Waals surface area contributed by atoms with Gasteiger partial charge in [-0.25, -0.2) is 4.39 Å². The fourth-order valence-corrected chi connectivity index (χ4v) is 2.23. The lowest BCUT2D eigenvalue weighted by atomic mass is 10.1. The average molecular weight is 314 g/mol. The summed E-state index contributed by atoms with van der Waals surface area (Å²) in [6.45, 7) is 1.79. The smallest absolute Gasteiger partial charge is 0.259 e. The number of hydrogen-bond acceptors (Lipinski definition) is 2. The number of aryl methyl sites for hydroxylation is 1. The number of benzene rings is 2. The van der Waals surface area contributed by atoms with Gasteiger partial charge in [0.05, 0.1) is 21.3 Å². The Morgan fingerprint density at radius 3 is 2.40 bits per heavy atom. The normalized spacial score (nSPS) is 10.4. The van der Waals surface area contributed by atoms with Crippen molar-refractivity contribution in [3.05, 3.63) is 57.3 Å². The van der Waals surface area contributed by atoms with Crippen LogP contribution in [0.2, 0.25) is 10.0 Å². The lowest BCUT2D eigenvalue weighted by Crippen LogP contribution is -2.13. The number of carbonyl (C=O) groups is 1. The molecule has 2 N–H and O–H groups in total. The SMILES string of the molecule is Cc1ccc(O)c(C(=O)Nc2c(Cl)cc(F)cc2Cl)c1. The van der Waals surface area contributed by atoms with Gasteiger partial charge in [0.25, 0.3) is 5.91 Å². The zero-order valence-corrected chi connectivity index (χ0v) is 11.9. The van der Waals surface area contributed by atoms with Crippen LogP contribution in [0.3, 0.4) is 0 Å². The molecule has 2 aromatic carbocycles. The fourth-order valence-electron chi connectivity index (χ4n) is 1.67. The molecule has 0 heterocycles. The second-order valence-electron chi connectivity index (χ2n) is 4.22. The number of rotatable bonds is 2. The summed E-state index contributed by atoms with van der Waals surface area (Å²) in [4.78, 5) is 12.1. The topological polar surface area (TPSA) is 49.3 Å². The van der Waals surface area contributed by atoms with Gasteiger partial charge in [-0.2, -0.15) is 0 Å². The lowest BCUT2D eigenvalue weighted by Gasteiger charge is -2.11. The molecule has 0 saturated carbocycles. The lowest BCUT2D eigenvalue weighted by molar-refractivity contribution is 0.102. The fraction of sp³-hybridized carbons (Fsp3) is 0.0714. The number of carbonyl (C=O) groups excluding carboxylic acids is 1. The summed E-state index contributed by atoms with van der Waals surface area (Å²) in [6, 6.07) is 6.69. The summed E-state index contributed by atoms with van der Waals surface area (Å²) in [5.41, 5.74) is 0.992. The summed E-state index contributed by atoms with van der Waals surface area (Å²) in [7, 11) is 0. The van der Waals surface area contributed by atoms with E-state index >= 15 is 0 Å². The Morgan fingerprint density at radius 1 is 1.20 bits per heavy atom. The third-order valence-corrected chi connectivity index (χ3v) is 3.24. The summed E-state index contributed by atoms with van der Waals surface area (Å²) < 4.78 is 13.1. The van der Waals surface area contributed by atoms with Gasteiger partial charge in [0.1, 0.15) is 11.6 Å². The van der Waals surface area contributed by atoms with Crippen LogP contribution in [0, 0.1) is 12.7 Å². The van der Waals surface area contributed by atoms with E-state index < -0.39 is 11.7 Å². The van der Waals surface area contributed by atoms with Crippen LogP contribution in [0.15, 0.2) is 30.3 Å². The van der Waals surface area contributed by atoms with Crippen LogP contribution >= 0.6 is 23.2 Å². The molecule has 6 heteroatoms. The zero-order valence-electron chi connectivity index (χ0n) is 10.4. The van der Waals surface area contributed by atoms with E-state index in [1.165, 1.54) is 12.1 Å². The molecule has 1 amide bonds. The van der Waals surface area contributed by atoms with Crippen LogP contribution in [-0.2, 0) is 0 Å². The summed E-state index contributed by atoms with van der Waals surface area (Å²) >= 11 is 11.7. The van der Waals surface area contributed by atoms with E-state index in [-0.39, 0.29) is 27.0 Å². The molecule has 2 aromatic rings. The molecule has 0 spiro atoms. The minimum absolute atomic E-state index is 0.0181. The van der Waals surface area contributed by atoms with E-state index in [1.807, 2.05) is 0 Å². The van der Waals surface area contributed by atoms with Crippen LogP contribution in [0.25, 0.3) is 0 Å². The van der Waals surface area contributed by atoms with E-state index in [2.05, 4.69) is 5.32 Å². The zero-order chi connectivity index (χ0) is 14.9. The molecular weight excluding hydrogens is 304 g/mol. The van der Waals surface area contributed by atoms with Gasteiger partial charge >= 0.3 is 0 Å². The van der Waals surface area contributed by atoms with E-state index in [1.54, 1.807) is 13.0 Å². The second-order valence-corrected chi connectivity index (χ2v) is 5.03. The number of amides is 1. The average Bonchev–Trinajstić information content (AvgIpc) is 2.36. The molecule has 0 aliphatic rings. The number of halogens is 3. The first kappa shape index (κ1) is 14.6.